The Morgan fingerprint density at radius 3 is 2.33 bits per heavy atom. The molecule has 0 aromatic rings. The zero-order valence-corrected chi connectivity index (χ0v) is 11.5. The number of rotatable bonds is 4. The quantitative estimate of drug-likeness (QED) is 0.328. The Kier molecular flexibility index (Phi) is 5.40. The normalized spacial score (nSPS) is 21.7. The number of amides is 1. The summed E-state index contributed by atoms with van der Waals surface area (Å²) in [4.78, 5) is 16.0. The van der Waals surface area contributed by atoms with Crippen molar-refractivity contribution in [3.63, 3.8) is 0 Å². The molecule has 0 saturated carbocycles. The Balaban J connectivity index is 2.48. The summed E-state index contributed by atoms with van der Waals surface area (Å²) in [7, 11) is 0. The van der Waals surface area contributed by atoms with Gasteiger partial charge in [-0.2, -0.15) is 0 Å². The number of nitrogens with two attached hydrogens (primary N) is 1. The van der Waals surface area contributed by atoms with Gasteiger partial charge in [-0.05, 0) is 13.3 Å². The maximum absolute atomic E-state index is 12.0. The first kappa shape index (κ1) is 14.8. The average Bonchev–Trinajstić information content (AvgIpc) is 2.44. The molecular weight excluding hydrogens is 232 g/mol. The molecule has 0 aromatic heterocycles. The van der Waals surface area contributed by atoms with Gasteiger partial charge in [-0.25, -0.2) is 0 Å². The Hall–Kier alpha value is -1.30. The highest BCUT2D eigenvalue weighted by atomic mass is 16.4. The molecule has 1 aliphatic heterocycles. The van der Waals surface area contributed by atoms with Crippen LogP contribution < -0.4 is 5.73 Å². The van der Waals surface area contributed by atoms with Crippen LogP contribution in [-0.4, -0.2) is 59.0 Å². The molecule has 1 aliphatic rings. The van der Waals surface area contributed by atoms with Gasteiger partial charge in [0.1, 0.15) is 0 Å². The standard InChI is InChI=1S/C12H24N4O2/c1-4-9(2)12(17)16-7-5-15(6-8-16)10(3)11(13)14-18/h9-10,18H,4-8H2,1-3H3,(H2,13,14). The highest BCUT2D eigenvalue weighted by Gasteiger charge is 2.27. The molecule has 6 nitrogen and oxygen atoms in total. The lowest BCUT2D eigenvalue weighted by Crippen LogP contribution is -2.55. The SMILES string of the molecule is CCC(C)C(=O)N1CCN(C(C)C(N)=NO)CC1. The van der Waals surface area contributed by atoms with Crippen molar-refractivity contribution in [1.29, 1.82) is 0 Å². The van der Waals surface area contributed by atoms with Gasteiger partial charge in [-0.3, -0.25) is 9.69 Å². The second-order valence-corrected chi connectivity index (χ2v) is 4.87. The fourth-order valence-corrected chi connectivity index (χ4v) is 2.09. The number of hydrogen-bond acceptors (Lipinski definition) is 4. The lowest BCUT2D eigenvalue weighted by molar-refractivity contribution is -0.137. The molecule has 3 N–H and O–H groups in total. The molecule has 0 aliphatic carbocycles. The van der Waals surface area contributed by atoms with Crippen LogP contribution in [0, 0.1) is 5.92 Å². The number of carbonyl (C=O) groups excluding carboxylic acids is 1. The van der Waals surface area contributed by atoms with Crippen LogP contribution in [0.4, 0.5) is 0 Å². The van der Waals surface area contributed by atoms with Crippen molar-refractivity contribution in [1.82, 2.24) is 9.80 Å². The van der Waals surface area contributed by atoms with Crippen molar-refractivity contribution in [2.75, 3.05) is 26.2 Å². The molecule has 1 fully saturated rings. The summed E-state index contributed by atoms with van der Waals surface area (Å²) in [5, 5.41) is 11.7. The number of piperazine rings is 1. The third kappa shape index (κ3) is 3.35. The van der Waals surface area contributed by atoms with Crippen LogP contribution in [0.1, 0.15) is 27.2 Å². The van der Waals surface area contributed by atoms with E-state index in [2.05, 4.69) is 10.1 Å². The van der Waals surface area contributed by atoms with E-state index in [1.807, 2.05) is 25.7 Å². The van der Waals surface area contributed by atoms with Gasteiger partial charge in [0.2, 0.25) is 5.91 Å². The monoisotopic (exact) mass is 256 g/mol. The van der Waals surface area contributed by atoms with Crippen LogP contribution in [0.2, 0.25) is 0 Å². The molecule has 2 atom stereocenters. The molecule has 0 spiro atoms. The van der Waals surface area contributed by atoms with E-state index in [0.717, 1.165) is 19.5 Å². The van der Waals surface area contributed by atoms with E-state index in [0.29, 0.717) is 13.1 Å². The zero-order valence-electron chi connectivity index (χ0n) is 11.5. The second kappa shape index (κ2) is 6.58. The number of nitrogens with zero attached hydrogens (tertiary/aromatic N) is 3. The van der Waals surface area contributed by atoms with E-state index in [4.69, 9.17) is 10.9 Å². The lowest BCUT2D eigenvalue weighted by Gasteiger charge is -2.38. The van der Waals surface area contributed by atoms with E-state index in [9.17, 15) is 4.79 Å². The number of amidine groups is 1. The summed E-state index contributed by atoms with van der Waals surface area (Å²) in [6.07, 6.45) is 0.875. The van der Waals surface area contributed by atoms with Gasteiger partial charge < -0.3 is 15.8 Å². The Morgan fingerprint density at radius 1 is 1.33 bits per heavy atom. The summed E-state index contributed by atoms with van der Waals surface area (Å²) in [6, 6.07) is -0.0872. The largest absolute Gasteiger partial charge is 0.409 e. The average molecular weight is 256 g/mol. The summed E-state index contributed by atoms with van der Waals surface area (Å²) in [5.74, 6) is 0.545. The highest BCUT2D eigenvalue weighted by molar-refractivity contribution is 5.84. The Morgan fingerprint density at radius 2 is 1.89 bits per heavy atom. The van der Waals surface area contributed by atoms with Gasteiger partial charge in [0.15, 0.2) is 5.84 Å². The van der Waals surface area contributed by atoms with Crippen LogP contribution in [0.25, 0.3) is 0 Å². The molecule has 0 bridgehead atoms. The zero-order chi connectivity index (χ0) is 13.7. The molecule has 2 unspecified atom stereocenters. The third-order valence-corrected chi connectivity index (χ3v) is 3.75. The molecule has 1 heterocycles. The summed E-state index contributed by atoms with van der Waals surface area (Å²) in [5.41, 5.74) is 5.59. The van der Waals surface area contributed by atoms with Crippen LogP contribution in [0.15, 0.2) is 5.16 Å². The molecule has 104 valence electrons. The van der Waals surface area contributed by atoms with E-state index in [1.54, 1.807) is 0 Å². The third-order valence-electron chi connectivity index (χ3n) is 3.75. The van der Waals surface area contributed by atoms with Crippen LogP contribution in [0.5, 0.6) is 0 Å². The number of hydrogen-bond donors (Lipinski definition) is 2. The maximum atomic E-state index is 12.0. The highest BCUT2D eigenvalue weighted by Crippen LogP contribution is 2.11. The van der Waals surface area contributed by atoms with Crippen molar-refractivity contribution >= 4 is 11.7 Å². The van der Waals surface area contributed by atoms with E-state index >= 15 is 0 Å². The topological polar surface area (TPSA) is 82.2 Å². The van der Waals surface area contributed by atoms with Crippen molar-refractivity contribution in [3.8, 4) is 0 Å². The molecule has 0 aromatic carbocycles. The first-order chi connectivity index (χ1) is 8.51. The number of carbonyl (C=O) groups is 1. The first-order valence-corrected chi connectivity index (χ1v) is 6.51. The first-order valence-electron chi connectivity index (χ1n) is 6.51. The fraction of sp³-hybridized carbons (Fsp3) is 0.833. The summed E-state index contributed by atoms with van der Waals surface area (Å²) >= 11 is 0. The molecule has 0 radical (unpaired) electrons. The van der Waals surface area contributed by atoms with Crippen molar-refractivity contribution in [3.05, 3.63) is 0 Å². The van der Waals surface area contributed by atoms with Crippen LogP contribution >= 0.6 is 0 Å². The smallest absolute Gasteiger partial charge is 0.225 e. The Labute approximate surface area is 108 Å². The lowest BCUT2D eigenvalue weighted by atomic mass is 10.1. The summed E-state index contributed by atoms with van der Waals surface area (Å²) < 4.78 is 0. The van der Waals surface area contributed by atoms with Crippen LogP contribution in [0.3, 0.4) is 0 Å². The predicted molar refractivity (Wildman–Crippen MR) is 70.5 cm³/mol. The van der Waals surface area contributed by atoms with Gasteiger partial charge in [0.25, 0.3) is 0 Å². The van der Waals surface area contributed by atoms with E-state index in [1.165, 1.54) is 0 Å². The maximum Gasteiger partial charge on any atom is 0.225 e. The fourth-order valence-electron chi connectivity index (χ4n) is 2.09. The van der Waals surface area contributed by atoms with Gasteiger partial charge >= 0.3 is 0 Å². The predicted octanol–water partition coefficient (Wildman–Crippen LogP) is 0.312. The minimum atomic E-state index is -0.0872. The second-order valence-electron chi connectivity index (χ2n) is 4.87. The van der Waals surface area contributed by atoms with E-state index in [-0.39, 0.29) is 23.7 Å². The molecule has 1 saturated heterocycles. The van der Waals surface area contributed by atoms with Crippen molar-refractivity contribution in [2.24, 2.45) is 16.8 Å². The van der Waals surface area contributed by atoms with Crippen molar-refractivity contribution < 1.29 is 10.0 Å². The number of oxime groups is 1. The molecule has 1 amide bonds. The minimum Gasteiger partial charge on any atom is -0.409 e. The van der Waals surface area contributed by atoms with Gasteiger partial charge in [0, 0.05) is 32.1 Å². The van der Waals surface area contributed by atoms with Gasteiger partial charge in [0.05, 0.1) is 6.04 Å². The van der Waals surface area contributed by atoms with Gasteiger partial charge in [-0.15, -0.1) is 0 Å². The summed E-state index contributed by atoms with van der Waals surface area (Å²) in [6.45, 7) is 8.85. The van der Waals surface area contributed by atoms with Crippen molar-refractivity contribution in [2.45, 2.75) is 33.2 Å². The molecular formula is C12H24N4O2. The van der Waals surface area contributed by atoms with Gasteiger partial charge in [-0.1, -0.05) is 19.0 Å². The van der Waals surface area contributed by atoms with E-state index < -0.39 is 0 Å². The molecule has 1 rings (SSSR count). The molecule has 18 heavy (non-hydrogen) atoms. The minimum absolute atomic E-state index is 0.0872. The Bertz CT molecular complexity index is 311. The molecule has 6 heteroatoms. The van der Waals surface area contributed by atoms with Crippen LogP contribution in [-0.2, 0) is 4.79 Å².